The van der Waals surface area contributed by atoms with Gasteiger partial charge in [0.2, 0.25) is 3.79 Å². The second kappa shape index (κ2) is 12.4. The largest absolute Gasteiger partial charge is 0.487 e. The van der Waals surface area contributed by atoms with E-state index in [2.05, 4.69) is 10.1 Å². The minimum Gasteiger partial charge on any atom is -0.487 e. The van der Waals surface area contributed by atoms with Crippen molar-refractivity contribution in [3.63, 3.8) is 0 Å². The average molecular weight is 485 g/mol. The van der Waals surface area contributed by atoms with Crippen LogP contribution in [0.5, 0.6) is 0 Å². The van der Waals surface area contributed by atoms with Gasteiger partial charge in [-0.3, -0.25) is 0 Å². The van der Waals surface area contributed by atoms with Gasteiger partial charge >= 0.3 is 12.1 Å². The van der Waals surface area contributed by atoms with E-state index in [4.69, 9.17) is 56.5 Å². The van der Waals surface area contributed by atoms with E-state index in [-0.39, 0.29) is 12.3 Å². The fourth-order valence-electron chi connectivity index (χ4n) is 2.39. The van der Waals surface area contributed by atoms with Crippen LogP contribution in [0.4, 0.5) is 4.79 Å². The van der Waals surface area contributed by atoms with Crippen molar-refractivity contribution in [2.24, 2.45) is 0 Å². The molecule has 29 heavy (non-hydrogen) atoms. The minimum atomic E-state index is -1.74. The number of amides is 1. The second-order valence-corrected chi connectivity index (χ2v) is 9.08. The van der Waals surface area contributed by atoms with Crippen LogP contribution >= 0.6 is 47.0 Å². The van der Waals surface area contributed by atoms with Crippen molar-refractivity contribution in [1.29, 1.82) is 0 Å². The highest BCUT2D eigenvalue weighted by Crippen LogP contribution is 2.26. The van der Waals surface area contributed by atoms with Crippen LogP contribution in [0.25, 0.3) is 0 Å². The van der Waals surface area contributed by atoms with Crippen LogP contribution in [0.3, 0.4) is 0 Å². The molecule has 0 fully saturated rings. The van der Waals surface area contributed by atoms with Crippen LogP contribution in [0.15, 0.2) is 24.3 Å². The number of esters is 1. The van der Waals surface area contributed by atoms with Gasteiger partial charge in [-0.25, -0.2) is 9.59 Å². The van der Waals surface area contributed by atoms with Crippen molar-refractivity contribution in [2.75, 3.05) is 20.3 Å². The molecule has 2 unspecified atom stereocenters. The Morgan fingerprint density at radius 1 is 1.17 bits per heavy atom. The summed E-state index contributed by atoms with van der Waals surface area (Å²) in [6.45, 7) is 3.97. The number of thiocarbonyl (C=S) groups is 1. The quantitative estimate of drug-likeness (QED) is 0.310. The Kier molecular flexibility index (Phi) is 11.0. The summed E-state index contributed by atoms with van der Waals surface area (Å²) in [5, 5.41) is 2.97. The molecule has 0 aliphatic heterocycles. The third-order valence-electron chi connectivity index (χ3n) is 3.98. The predicted octanol–water partition coefficient (Wildman–Crippen LogP) is 4.72. The molecule has 2 atom stereocenters. The van der Waals surface area contributed by atoms with Crippen molar-refractivity contribution in [3.8, 4) is 0 Å². The number of nitrogens with one attached hydrogen (secondary N) is 1. The summed E-state index contributed by atoms with van der Waals surface area (Å²) < 4.78 is 13.2. The maximum Gasteiger partial charge on any atom is 0.407 e. The first-order valence-electron chi connectivity index (χ1n) is 8.90. The fourth-order valence-corrected chi connectivity index (χ4v) is 2.81. The number of rotatable bonds is 9. The number of alkyl halides is 3. The molecule has 1 aromatic rings. The molecule has 0 spiro atoms. The molecule has 162 valence electrons. The smallest absolute Gasteiger partial charge is 0.407 e. The lowest BCUT2D eigenvalue weighted by Gasteiger charge is -2.19. The molecule has 1 rings (SSSR count). The Labute approximate surface area is 191 Å². The zero-order valence-electron chi connectivity index (χ0n) is 16.4. The van der Waals surface area contributed by atoms with Crippen molar-refractivity contribution in [3.05, 3.63) is 35.4 Å². The van der Waals surface area contributed by atoms with E-state index in [1.165, 1.54) is 7.11 Å². The summed E-state index contributed by atoms with van der Waals surface area (Å²) in [6.07, 6.45) is 0.0248. The third kappa shape index (κ3) is 9.85. The summed E-state index contributed by atoms with van der Waals surface area (Å²) in [5.74, 6) is -0.723. The Balaban J connectivity index is 2.73. The van der Waals surface area contributed by atoms with Crippen LogP contribution in [0, 0.1) is 0 Å². The molecule has 0 aromatic heterocycles. The Bertz CT molecular complexity index is 694. The summed E-state index contributed by atoms with van der Waals surface area (Å²) in [5.41, 5.74) is 1.99. The standard InChI is InChI=1S/C19H24Cl3NO5S/c1-4-27-17(29)12(2)14-8-5-13(6-9-14)7-10-15(23-18(25)26-3)16(24)28-11-19(20,21)22/h5-6,8-9,12,15H,4,7,10-11H2,1-3H3,(H,23,25). The monoisotopic (exact) mass is 483 g/mol. The lowest BCUT2D eigenvalue weighted by molar-refractivity contribution is -0.146. The molecular formula is C19H24Cl3NO5S. The van der Waals surface area contributed by atoms with E-state index in [0.29, 0.717) is 18.1 Å². The van der Waals surface area contributed by atoms with Gasteiger partial charge in [0.25, 0.3) is 0 Å². The number of halogens is 3. The highest BCUT2D eigenvalue weighted by molar-refractivity contribution is 7.80. The Hall–Kier alpha value is -1.28. The fraction of sp³-hybridized carbons (Fsp3) is 0.526. The molecule has 0 saturated carbocycles. The summed E-state index contributed by atoms with van der Waals surface area (Å²) >= 11 is 22.0. The topological polar surface area (TPSA) is 73.9 Å². The van der Waals surface area contributed by atoms with Gasteiger partial charge in [-0.2, -0.15) is 0 Å². The molecule has 0 aliphatic carbocycles. The van der Waals surface area contributed by atoms with Crippen molar-refractivity contribution in [2.45, 2.75) is 42.4 Å². The summed E-state index contributed by atoms with van der Waals surface area (Å²) in [4.78, 5) is 23.8. The van der Waals surface area contributed by atoms with Crippen LogP contribution < -0.4 is 5.32 Å². The van der Waals surface area contributed by atoms with Gasteiger partial charge in [-0.1, -0.05) is 66.0 Å². The van der Waals surface area contributed by atoms with Crippen LogP contribution in [-0.4, -0.2) is 47.3 Å². The predicted molar refractivity (Wildman–Crippen MR) is 118 cm³/mol. The molecule has 1 aromatic carbocycles. The van der Waals surface area contributed by atoms with E-state index in [0.717, 1.165) is 11.1 Å². The summed E-state index contributed by atoms with van der Waals surface area (Å²) in [7, 11) is 1.20. The first-order valence-corrected chi connectivity index (χ1v) is 10.4. The minimum absolute atomic E-state index is 0.00959. The number of carbonyl (C=O) groups excluding carboxylic acids is 2. The molecule has 0 heterocycles. The van der Waals surface area contributed by atoms with E-state index in [9.17, 15) is 9.59 Å². The highest BCUT2D eigenvalue weighted by Gasteiger charge is 2.27. The van der Waals surface area contributed by atoms with Gasteiger partial charge in [0, 0.05) is 5.92 Å². The zero-order chi connectivity index (χ0) is 22.0. The molecule has 10 heteroatoms. The summed E-state index contributed by atoms with van der Waals surface area (Å²) in [6, 6.07) is 6.83. The molecule has 0 saturated heterocycles. The van der Waals surface area contributed by atoms with Crippen molar-refractivity contribution in [1.82, 2.24) is 5.32 Å². The highest BCUT2D eigenvalue weighted by atomic mass is 35.6. The molecule has 1 amide bonds. The van der Waals surface area contributed by atoms with E-state index in [1.807, 2.05) is 38.1 Å². The number of carbonyl (C=O) groups is 2. The number of benzene rings is 1. The number of methoxy groups -OCH3 is 1. The van der Waals surface area contributed by atoms with Gasteiger partial charge in [0.05, 0.1) is 13.7 Å². The van der Waals surface area contributed by atoms with Crippen LogP contribution in [-0.2, 0) is 25.4 Å². The molecular weight excluding hydrogens is 461 g/mol. The first kappa shape index (κ1) is 25.8. The van der Waals surface area contributed by atoms with Crippen LogP contribution in [0.1, 0.15) is 37.3 Å². The lowest BCUT2D eigenvalue weighted by atomic mass is 9.98. The van der Waals surface area contributed by atoms with Gasteiger partial charge in [-0.15, -0.1) is 0 Å². The molecule has 0 bridgehead atoms. The maximum atomic E-state index is 12.2. The van der Waals surface area contributed by atoms with E-state index < -0.39 is 28.5 Å². The van der Waals surface area contributed by atoms with Gasteiger partial charge < -0.3 is 19.5 Å². The average Bonchev–Trinajstić information content (AvgIpc) is 2.68. The number of ether oxygens (including phenoxy) is 3. The number of hydrogen-bond donors (Lipinski definition) is 1. The molecule has 0 radical (unpaired) electrons. The number of hydrogen-bond acceptors (Lipinski definition) is 6. The third-order valence-corrected chi connectivity index (χ3v) is 4.78. The maximum absolute atomic E-state index is 12.2. The van der Waals surface area contributed by atoms with Crippen LogP contribution in [0.2, 0.25) is 0 Å². The first-order chi connectivity index (χ1) is 13.6. The van der Waals surface area contributed by atoms with Crippen molar-refractivity contribution < 1.29 is 23.8 Å². The van der Waals surface area contributed by atoms with E-state index >= 15 is 0 Å². The SMILES string of the molecule is CCOC(=S)C(C)c1ccc(CCC(NC(=O)OC)C(=O)OCC(Cl)(Cl)Cl)cc1. The van der Waals surface area contributed by atoms with Crippen molar-refractivity contribution >= 4 is 64.1 Å². The second-order valence-electron chi connectivity index (χ2n) is 6.17. The lowest BCUT2D eigenvalue weighted by Crippen LogP contribution is -2.42. The Morgan fingerprint density at radius 3 is 2.31 bits per heavy atom. The Morgan fingerprint density at radius 2 is 1.79 bits per heavy atom. The molecule has 0 aliphatic rings. The molecule has 1 N–H and O–H groups in total. The molecule has 6 nitrogen and oxygen atoms in total. The van der Waals surface area contributed by atoms with Gasteiger partial charge in [0.1, 0.15) is 12.6 Å². The van der Waals surface area contributed by atoms with Gasteiger partial charge in [0.15, 0.2) is 5.05 Å². The van der Waals surface area contributed by atoms with Gasteiger partial charge in [-0.05, 0) is 43.1 Å². The van der Waals surface area contributed by atoms with E-state index in [1.54, 1.807) is 0 Å². The normalized spacial score (nSPS) is 13.2. The number of alkyl carbamates (subject to hydrolysis) is 1. The number of aryl methyl sites for hydroxylation is 1. The zero-order valence-corrected chi connectivity index (χ0v) is 19.5.